The van der Waals surface area contributed by atoms with Gasteiger partial charge in [-0.15, -0.1) is 0 Å². The largest absolute Gasteiger partial charge is 0.268 e. The normalized spacial score (nSPS) is 13.8. The molecule has 0 aromatic heterocycles. The van der Waals surface area contributed by atoms with Crippen LogP contribution in [0.1, 0.15) is 20.7 Å². The van der Waals surface area contributed by atoms with Gasteiger partial charge in [0.25, 0.3) is 11.8 Å². The van der Waals surface area contributed by atoms with Gasteiger partial charge in [-0.2, -0.15) is 0 Å². The van der Waals surface area contributed by atoms with Crippen LogP contribution < -0.4 is 4.90 Å². The zero-order chi connectivity index (χ0) is 16.2. The zero-order valence-corrected chi connectivity index (χ0v) is 19.0. The quantitative estimate of drug-likeness (QED) is 0.159. The van der Waals surface area contributed by atoms with Crippen molar-refractivity contribution < 1.29 is 9.59 Å². The Balaban J connectivity index is 2.26. The summed E-state index contributed by atoms with van der Waals surface area (Å²) in [5.74, 6) is -0.689. The molecule has 0 aliphatic carbocycles. The van der Waals surface area contributed by atoms with Crippen molar-refractivity contribution in [3.63, 3.8) is 0 Å². The summed E-state index contributed by atoms with van der Waals surface area (Å²) in [7, 11) is 0. The molecule has 0 fully saturated rings. The molecule has 0 saturated carbocycles. The average molecular weight is 665 g/mol. The van der Waals surface area contributed by atoms with E-state index in [0.29, 0.717) is 34.7 Å². The van der Waals surface area contributed by atoms with Crippen molar-refractivity contribution in [2.45, 2.75) is 0 Å². The summed E-state index contributed by atoms with van der Waals surface area (Å²) in [6.07, 6.45) is 0. The molecular weight excluding hydrogens is 661 g/mol. The molecule has 3 nitrogen and oxygen atoms in total. The molecule has 2 aromatic rings. The lowest BCUT2D eigenvalue weighted by molar-refractivity contribution is 0.0925. The summed E-state index contributed by atoms with van der Waals surface area (Å²) in [5, 5.41) is 0. The van der Waals surface area contributed by atoms with Gasteiger partial charge >= 0.3 is 0 Å². The highest BCUT2D eigenvalue weighted by Crippen LogP contribution is 2.46. The molecule has 8 heteroatoms. The van der Waals surface area contributed by atoms with E-state index in [2.05, 4.69) is 86.3 Å². The first-order valence-corrected chi connectivity index (χ1v) is 10.1. The van der Waals surface area contributed by atoms with Crippen molar-refractivity contribution in [1.29, 1.82) is 0 Å². The molecule has 2 amide bonds. The van der Waals surface area contributed by atoms with E-state index >= 15 is 0 Å². The number of hydrogen-bond acceptors (Lipinski definition) is 2. The number of halogens is 5. The van der Waals surface area contributed by atoms with Crippen LogP contribution in [0.25, 0.3) is 0 Å². The van der Waals surface area contributed by atoms with Crippen LogP contribution in [-0.4, -0.2) is 11.8 Å². The van der Waals surface area contributed by atoms with Crippen LogP contribution in [0.4, 0.5) is 5.69 Å². The second-order valence-electron chi connectivity index (χ2n) is 4.43. The van der Waals surface area contributed by atoms with Gasteiger partial charge in [-0.05, 0) is 105 Å². The lowest BCUT2D eigenvalue weighted by atomic mass is 10.1. The van der Waals surface area contributed by atoms with E-state index in [1.807, 2.05) is 12.1 Å². The summed E-state index contributed by atoms with van der Waals surface area (Å²) in [6.45, 7) is 0. The number of carbonyl (C=O) groups is 2. The predicted octanol–water partition coefficient (Wildman–Crippen LogP) is 6.14. The number of hydrogen-bond donors (Lipinski definition) is 0. The van der Waals surface area contributed by atoms with Crippen LogP contribution in [-0.2, 0) is 0 Å². The van der Waals surface area contributed by atoms with Gasteiger partial charge in [0.15, 0.2) is 0 Å². The molecule has 1 aliphatic heterocycles. The van der Waals surface area contributed by atoms with Crippen molar-refractivity contribution in [1.82, 2.24) is 0 Å². The summed E-state index contributed by atoms with van der Waals surface area (Å²) < 4.78 is 3.44. The molecule has 0 spiro atoms. The second-order valence-corrected chi connectivity index (χ2v) is 8.85. The first kappa shape index (κ1) is 17.1. The topological polar surface area (TPSA) is 37.4 Å². The molecule has 1 aliphatic rings. The number of nitrogens with zero attached hydrogens (tertiary/aromatic N) is 1. The van der Waals surface area contributed by atoms with Crippen molar-refractivity contribution in [2.24, 2.45) is 0 Å². The van der Waals surface area contributed by atoms with Gasteiger partial charge in [0, 0.05) is 21.5 Å². The SMILES string of the molecule is O=C1c2c(Br)c(Br)c(Br)c(Br)c2C(=O)N1c1cccc(I)c1. The van der Waals surface area contributed by atoms with E-state index in [4.69, 9.17) is 0 Å². The van der Waals surface area contributed by atoms with Crippen molar-refractivity contribution in [2.75, 3.05) is 4.90 Å². The van der Waals surface area contributed by atoms with E-state index in [9.17, 15) is 9.59 Å². The highest BCUT2D eigenvalue weighted by Gasteiger charge is 2.41. The minimum atomic E-state index is -0.345. The van der Waals surface area contributed by atoms with Crippen molar-refractivity contribution in [3.05, 3.63) is 56.9 Å². The number of benzene rings is 2. The monoisotopic (exact) mass is 661 g/mol. The third-order valence-corrected chi connectivity index (χ3v) is 8.61. The second kappa shape index (κ2) is 6.27. The van der Waals surface area contributed by atoms with Crippen molar-refractivity contribution >= 4 is 104 Å². The van der Waals surface area contributed by atoms with Gasteiger partial charge in [0.2, 0.25) is 0 Å². The van der Waals surface area contributed by atoms with Crippen LogP contribution >= 0.6 is 86.3 Å². The number of amides is 2. The number of fused-ring (bicyclic) bond motifs is 1. The van der Waals surface area contributed by atoms with Gasteiger partial charge < -0.3 is 0 Å². The van der Waals surface area contributed by atoms with E-state index in [1.54, 1.807) is 12.1 Å². The van der Waals surface area contributed by atoms with Gasteiger partial charge in [0.1, 0.15) is 0 Å². The first-order valence-electron chi connectivity index (χ1n) is 5.85. The zero-order valence-electron chi connectivity index (χ0n) is 10.5. The molecule has 22 heavy (non-hydrogen) atoms. The van der Waals surface area contributed by atoms with E-state index < -0.39 is 0 Å². The molecule has 0 bridgehead atoms. The number of rotatable bonds is 1. The lowest BCUT2D eigenvalue weighted by Crippen LogP contribution is -2.29. The molecule has 3 rings (SSSR count). The van der Waals surface area contributed by atoms with E-state index in [0.717, 1.165) is 3.57 Å². The Labute approximate surface area is 173 Å². The van der Waals surface area contributed by atoms with Gasteiger partial charge in [-0.25, -0.2) is 4.90 Å². The number of carbonyl (C=O) groups excluding carboxylic acids is 2. The van der Waals surface area contributed by atoms with Gasteiger partial charge in [0.05, 0.1) is 16.8 Å². The van der Waals surface area contributed by atoms with Gasteiger partial charge in [-0.1, -0.05) is 6.07 Å². The van der Waals surface area contributed by atoms with E-state index in [1.165, 1.54) is 4.90 Å². The van der Waals surface area contributed by atoms with Crippen LogP contribution in [0.3, 0.4) is 0 Å². The Morgan fingerprint density at radius 1 is 0.818 bits per heavy atom. The van der Waals surface area contributed by atoms with Gasteiger partial charge in [-0.3, -0.25) is 9.59 Å². The molecule has 0 atom stereocenters. The number of imide groups is 1. The third-order valence-electron chi connectivity index (χ3n) is 3.17. The molecule has 2 aromatic carbocycles. The minimum Gasteiger partial charge on any atom is -0.268 e. The average Bonchev–Trinajstić information content (AvgIpc) is 2.74. The molecule has 0 saturated heterocycles. The Hall–Kier alpha value is 0.230. The van der Waals surface area contributed by atoms with Crippen LogP contribution in [0.15, 0.2) is 42.2 Å². The Morgan fingerprint density at radius 2 is 1.32 bits per heavy atom. The van der Waals surface area contributed by atoms with Crippen LogP contribution in [0.2, 0.25) is 0 Å². The number of anilines is 1. The highest BCUT2D eigenvalue weighted by atomic mass is 127. The first-order chi connectivity index (χ1) is 10.3. The maximum absolute atomic E-state index is 12.8. The maximum Gasteiger partial charge on any atom is 0.267 e. The fourth-order valence-corrected chi connectivity index (χ4v) is 5.18. The van der Waals surface area contributed by atoms with Crippen LogP contribution in [0, 0.1) is 3.57 Å². The molecule has 0 unspecified atom stereocenters. The fraction of sp³-hybridized carbons (Fsp3) is 0. The lowest BCUT2D eigenvalue weighted by Gasteiger charge is -2.14. The Bertz CT molecular complexity index is 806. The molecule has 1 heterocycles. The molecule has 0 N–H and O–H groups in total. The Kier molecular flexibility index (Phi) is 4.86. The Morgan fingerprint density at radius 3 is 1.77 bits per heavy atom. The molecule has 0 radical (unpaired) electrons. The van der Waals surface area contributed by atoms with Crippen molar-refractivity contribution in [3.8, 4) is 0 Å². The maximum atomic E-state index is 12.8. The predicted molar refractivity (Wildman–Crippen MR) is 108 cm³/mol. The fourth-order valence-electron chi connectivity index (χ4n) is 2.20. The third kappa shape index (κ3) is 2.54. The standard InChI is InChI=1S/C14H4Br4INO2/c15-9-7-8(10(16)12(18)11(9)17)14(22)20(13(7)21)6-3-1-2-5(19)4-6/h1-4H. The summed E-state index contributed by atoms with van der Waals surface area (Å²) in [5.41, 5.74) is 1.26. The summed E-state index contributed by atoms with van der Waals surface area (Å²) >= 11 is 15.8. The molecular formula is C14H4Br4INO2. The molecule has 112 valence electrons. The smallest absolute Gasteiger partial charge is 0.267 e. The minimum absolute atomic E-state index is 0.345. The van der Waals surface area contributed by atoms with Crippen LogP contribution in [0.5, 0.6) is 0 Å². The summed E-state index contributed by atoms with van der Waals surface area (Å²) in [4.78, 5) is 26.7. The van der Waals surface area contributed by atoms with E-state index in [-0.39, 0.29) is 11.8 Å². The highest BCUT2D eigenvalue weighted by molar-refractivity contribution is 14.1. The summed E-state index contributed by atoms with van der Waals surface area (Å²) in [6, 6.07) is 7.27.